The Morgan fingerprint density at radius 3 is 1.85 bits per heavy atom. The SMILES string of the molecule is COc1ccc(C(=O)N2CCC(S(=O)(=O)c3ccc(OC)cc3)CC2)cc1. The highest BCUT2D eigenvalue weighted by molar-refractivity contribution is 7.92. The van der Waals surface area contributed by atoms with Gasteiger partial charge in [0.1, 0.15) is 11.5 Å². The van der Waals surface area contributed by atoms with Crippen molar-refractivity contribution in [2.45, 2.75) is 23.0 Å². The predicted molar refractivity (Wildman–Crippen MR) is 102 cm³/mol. The molecule has 0 N–H and O–H groups in total. The number of methoxy groups -OCH3 is 2. The van der Waals surface area contributed by atoms with E-state index in [1.807, 2.05) is 0 Å². The third-order valence-corrected chi connectivity index (χ3v) is 7.17. The highest BCUT2D eigenvalue weighted by Gasteiger charge is 2.33. The lowest BCUT2D eigenvalue weighted by Gasteiger charge is -2.31. The summed E-state index contributed by atoms with van der Waals surface area (Å²) in [5.74, 6) is 1.22. The lowest BCUT2D eigenvalue weighted by atomic mass is 10.1. The van der Waals surface area contributed by atoms with Gasteiger partial charge in [-0.1, -0.05) is 0 Å². The van der Waals surface area contributed by atoms with Crippen LogP contribution in [0.15, 0.2) is 53.4 Å². The van der Waals surface area contributed by atoms with Gasteiger partial charge in [-0.3, -0.25) is 4.79 Å². The minimum atomic E-state index is -3.42. The number of sulfone groups is 1. The second-order valence-electron chi connectivity index (χ2n) is 6.44. The van der Waals surface area contributed by atoms with Crippen LogP contribution in [0.1, 0.15) is 23.2 Å². The first-order valence-corrected chi connectivity index (χ1v) is 10.3. The molecule has 0 aromatic heterocycles. The third kappa shape index (κ3) is 4.08. The van der Waals surface area contributed by atoms with E-state index in [1.165, 1.54) is 0 Å². The van der Waals surface area contributed by atoms with Gasteiger partial charge in [0.2, 0.25) is 0 Å². The van der Waals surface area contributed by atoms with Crippen LogP contribution in [-0.4, -0.2) is 51.8 Å². The molecule has 7 heteroatoms. The minimum absolute atomic E-state index is 0.0852. The summed E-state index contributed by atoms with van der Waals surface area (Å²) in [5.41, 5.74) is 0.576. The van der Waals surface area contributed by atoms with Crippen LogP contribution < -0.4 is 9.47 Å². The van der Waals surface area contributed by atoms with E-state index in [-0.39, 0.29) is 5.91 Å². The normalized spacial score (nSPS) is 15.4. The fourth-order valence-corrected chi connectivity index (χ4v) is 4.97. The molecule has 144 valence electrons. The van der Waals surface area contributed by atoms with Gasteiger partial charge in [-0.25, -0.2) is 8.42 Å². The molecule has 0 atom stereocenters. The molecule has 0 bridgehead atoms. The number of carbonyl (C=O) groups is 1. The molecule has 2 aromatic rings. The van der Waals surface area contributed by atoms with Crippen molar-refractivity contribution >= 4 is 15.7 Å². The van der Waals surface area contributed by atoms with Crippen molar-refractivity contribution in [3.63, 3.8) is 0 Å². The lowest BCUT2D eigenvalue weighted by Crippen LogP contribution is -2.42. The number of carbonyl (C=O) groups excluding carboxylic acids is 1. The van der Waals surface area contributed by atoms with Gasteiger partial charge in [0.25, 0.3) is 5.91 Å². The molecule has 1 fully saturated rings. The Morgan fingerprint density at radius 1 is 0.889 bits per heavy atom. The fraction of sp³-hybridized carbons (Fsp3) is 0.350. The van der Waals surface area contributed by atoms with Crippen LogP contribution >= 0.6 is 0 Å². The number of likely N-dealkylation sites (tertiary alicyclic amines) is 1. The van der Waals surface area contributed by atoms with E-state index in [9.17, 15) is 13.2 Å². The Balaban J connectivity index is 1.65. The second-order valence-corrected chi connectivity index (χ2v) is 8.67. The molecule has 2 aromatic carbocycles. The summed E-state index contributed by atoms with van der Waals surface area (Å²) in [5, 5.41) is -0.481. The van der Waals surface area contributed by atoms with E-state index in [1.54, 1.807) is 67.7 Å². The van der Waals surface area contributed by atoms with E-state index < -0.39 is 15.1 Å². The maximum atomic E-state index is 12.8. The van der Waals surface area contributed by atoms with Crippen LogP contribution in [0.5, 0.6) is 11.5 Å². The van der Waals surface area contributed by atoms with Gasteiger partial charge in [0, 0.05) is 18.7 Å². The maximum absolute atomic E-state index is 12.8. The first-order chi connectivity index (χ1) is 13.0. The second kappa shape index (κ2) is 8.00. The standard InChI is InChI=1S/C20H23NO5S/c1-25-16-5-3-15(4-6-16)20(22)21-13-11-19(12-14-21)27(23,24)18-9-7-17(26-2)8-10-18/h3-10,19H,11-14H2,1-2H3. The number of amides is 1. The largest absolute Gasteiger partial charge is 0.497 e. The van der Waals surface area contributed by atoms with Crippen molar-refractivity contribution in [1.82, 2.24) is 4.90 Å². The molecule has 1 saturated heterocycles. The monoisotopic (exact) mass is 389 g/mol. The quantitative estimate of drug-likeness (QED) is 0.786. The van der Waals surface area contributed by atoms with Crippen LogP contribution in [0.3, 0.4) is 0 Å². The van der Waals surface area contributed by atoms with E-state index in [2.05, 4.69) is 0 Å². The number of nitrogens with zero attached hydrogens (tertiary/aromatic N) is 1. The van der Waals surface area contributed by atoms with Crippen molar-refractivity contribution in [3.05, 3.63) is 54.1 Å². The number of ether oxygens (including phenoxy) is 2. The molecule has 1 aliphatic rings. The minimum Gasteiger partial charge on any atom is -0.497 e. The molecule has 3 rings (SSSR count). The first kappa shape index (κ1) is 19.2. The number of hydrogen-bond donors (Lipinski definition) is 0. The topological polar surface area (TPSA) is 72.9 Å². The van der Waals surface area contributed by atoms with Crippen molar-refractivity contribution in [2.75, 3.05) is 27.3 Å². The zero-order chi connectivity index (χ0) is 19.4. The number of benzene rings is 2. The van der Waals surface area contributed by atoms with E-state index >= 15 is 0 Å². The van der Waals surface area contributed by atoms with Gasteiger partial charge in [0.15, 0.2) is 9.84 Å². The van der Waals surface area contributed by atoms with E-state index in [0.717, 1.165) is 0 Å². The van der Waals surface area contributed by atoms with Crippen molar-refractivity contribution in [3.8, 4) is 11.5 Å². The van der Waals surface area contributed by atoms with Crippen molar-refractivity contribution < 1.29 is 22.7 Å². The Labute approximate surface area is 159 Å². The van der Waals surface area contributed by atoms with Gasteiger partial charge in [0.05, 0.1) is 24.4 Å². The zero-order valence-electron chi connectivity index (χ0n) is 15.4. The first-order valence-electron chi connectivity index (χ1n) is 8.77. The maximum Gasteiger partial charge on any atom is 0.253 e. The van der Waals surface area contributed by atoms with Crippen LogP contribution in [0.4, 0.5) is 0 Å². The van der Waals surface area contributed by atoms with Gasteiger partial charge >= 0.3 is 0 Å². The lowest BCUT2D eigenvalue weighted by molar-refractivity contribution is 0.0725. The molecule has 0 spiro atoms. The van der Waals surface area contributed by atoms with Gasteiger partial charge in [-0.05, 0) is 61.4 Å². The molecule has 27 heavy (non-hydrogen) atoms. The average molecular weight is 389 g/mol. The number of hydrogen-bond acceptors (Lipinski definition) is 5. The molecule has 0 unspecified atom stereocenters. The predicted octanol–water partition coefficient (Wildman–Crippen LogP) is 2.78. The molecule has 0 radical (unpaired) electrons. The van der Waals surface area contributed by atoms with Crippen molar-refractivity contribution in [2.24, 2.45) is 0 Å². The number of rotatable bonds is 5. The summed E-state index contributed by atoms with van der Waals surface area (Å²) in [6, 6.07) is 13.4. The Bertz CT molecular complexity index is 883. The van der Waals surface area contributed by atoms with Crippen LogP contribution in [-0.2, 0) is 9.84 Å². The van der Waals surface area contributed by atoms with Gasteiger partial charge in [-0.2, -0.15) is 0 Å². The van der Waals surface area contributed by atoms with Crippen molar-refractivity contribution in [1.29, 1.82) is 0 Å². The summed E-state index contributed by atoms with van der Waals surface area (Å²) >= 11 is 0. The molecule has 0 saturated carbocycles. The fourth-order valence-electron chi connectivity index (χ4n) is 3.24. The zero-order valence-corrected chi connectivity index (χ0v) is 16.2. The van der Waals surface area contributed by atoms with Crippen LogP contribution in [0.25, 0.3) is 0 Å². The molecule has 0 aliphatic carbocycles. The Kier molecular flexibility index (Phi) is 5.70. The van der Waals surface area contributed by atoms with Gasteiger partial charge < -0.3 is 14.4 Å². The Morgan fingerprint density at radius 2 is 1.37 bits per heavy atom. The van der Waals surface area contributed by atoms with Crippen LogP contribution in [0, 0.1) is 0 Å². The summed E-state index contributed by atoms with van der Waals surface area (Å²) in [7, 11) is -0.305. The Hall–Kier alpha value is -2.54. The van der Waals surface area contributed by atoms with Crippen LogP contribution in [0.2, 0.25) is 0 Å². The molecule has 6 nitrogen and oxygen atoms in total. The average Bonchev–Trinajstić information content (AvgIpc) is 2.73. The molecule has 1 heterocycles. The molecule has 1 aliphatic heterocycles. The number of piperidine rings is 1. The van der Waals surface area contributed by atoms with E-state index in [0.29, 0.717) is 47.9 Å². The summed E-state index contributed by atoms with van der Waals surface area (Å²) in [6.07, 6.45) is 0.854. The summed E-state index contributed by atoms with van der Waals surface area (Å²) in [4.78, 5) is 14.6. The summed E-state index contributed by atoms with van der Waals surface area (Å²) < 4.78 is 35.9. The molecular weight excluding hydrogens is 366 g/mol. The third-order valence-electron chi connectivity index (χ3n) is 4.89. The summed E-state index contributed by atoms with van der Waals surface area (Å²) in [6.45, 7) is 0.843. The molecule has 1 amide bonds. The highest BCUT2D eigenvalue weighted by Crippen LogP contribution is 2.27. The molecular formula is C20H23NO5S. The highest BCUT2D eigenvalue weighted by atomic mass is 32.2. The van der Waals surface area contributed by atoms with Gasteiger partial charge in [-0.15, -0.1) is 0 Å². The smallest absolute Gasteiger partial charge is 0.253 e. The van der Waals surface area contributed by atoms with E-state index in [4.69, 9.17) is 9.47 Å².